The van der Waals surface area contributed by atoms with Gasteiger partial charge in [0.15, 0.2) is 0 Å². The molecule has 2 bridgehead atoms. The van der Waals surface area contributed by atoms with Crippen LogP contribution in [0.5, 0.6) is 5.75 Å². The van der Waals surface area contributed by atoms with E-state index in [9.17, 15) is 17.6 Å². The Hall–Kier alpha value is -2.49. The molecular weight excluding hydrogens is 457 g/mol. The summed E-state index contributed by atoms with van der Waals surface area (Å²) in [5.74, 6) is -0.330. The van der Waals surface area contributed by atoms with Crippen molar-refractivity contribution in [2.75, 3.05) is 0 Å². The van der Waals surface area contributed by atoms with Gasteiger partial charge in [0.2, 0.25) is 6.10 Å². The molecule has 7 nitrogen and oxygen atoms in total. The van der Waals surface area contributed by atoms with Crippen molar-refractivity contribution >= 4 is 16.1 Å². The van der Waals surface area contributed by atoms with Gasteiger partial charge in [-0.2, -0.15) is 17.9 Å². The summed E-state index contributed by atoms with van der Waals surface area (Å²) in [6.45, 7) is 5.44. The maximum Gasteiger partial charge on any atom is 0.277 e. The second-order valence-electron chi connectivity index (χ2n) is 10.4. The molecule has 34 heavy (non-hydrogen) atoms. The SMILES string of the molecule is CC(C)(C)NS(=O)(=O)NC1C2CCC1Cc1cc(C(Oc3ccc(F)cc3)C(N)=O)ccc1C2. The summed E-state index contributed by atoms with van der Waals surface area (Å²) in [5, 5.41) is 0. The van der Waals surface area contributed by atoms with Crippen molar-refractivity contribution in [1.82, 2.24) is 9.44 Å². The molecule has 2 aliphatic rings. The first kappa shape index (κ1) is 24.6. The highest BCUT2D eigenvalue weighted by Crippen LogP contribution is 2.41. The molecule has 9 heteroatoms. The Morgan fingerprint density at radius 2 is 1.68 bits per heavy atom. The van der Waals surface area contributed by atoms with Crippen molar-refractivity contribution in [2.24, 2.45) is 17.6 Å². The van der Waals surface area contributed by atoms with E-state index in [0.29, 0.717) is 17.7 Å². The van der Waals surface area contributed by atoms with Crippen LogP contribution in [-0.4, -0.2) is 25.9 Å². The van der Waals surface area contributed by atoms with E-state index in [1.54, 1.807) is 0 Å². The molecule has 2 aromatic carbocycles. The number of benzene rings is 2. The summed E-state index contributed by atoms with van der Waals surface area (Å²) >= 11 is 0. The van der Waals surface area contributed by atoms with E-state index < -0.39 is 33.6 Å². The third-order valence-corrected chi connectivity index (χ3v) is 7.94. The van der Waals surface area contributed by atoms with E-state index in [4.69, 9.17) is 10.5 Å². The van der Waals surface area contributed by atoms with Crippen LogP contribution in [0.2, 0.25) is 0 Å². The lowest BCUT2D eigenvalue weighted by Gasteiger charge is -2.27. The Balaban J connectivity index is 1.56. The van der Waals surface area contributed by atoms with Gasteiger partial charge in [-0.25, -0.2) is 4.39 Å². The fourth-order valence-corrected chi connectivity index (χ4v) is 6.75. The molecule has 0 spiro atoms. The standard InChI is InChI=1S/C25H32FN3O4S/c1-25(2,3)29-34(31,32)28-22-16-5-6-17(22)13-19-14-18(7-4-15(19)12-16)23(24(27)30)33-21-10-8-20(26)9-11-21/h4,7-11,14,16-17,22-23,28-29H,5-6,12-13H2,1-3H3,(H2,27,30). The molecule has 2 aromatic rings. The lowest BCUT2D eigenvalue weighted by Crippen LogP contribution is -2.52. The second-order valence-corrected chi connectivity index (χ2v) is 11.8. The molecular formula is C25H32FN3O4S. The molecule has 0 heterocycles. The van der Waals surface area contributed by atoms with Gasteiger partial charge in [0.05, 0.1) is 0 Å². The Labute approximate surface area is 200 Å². The third kappa shape index (κ3) is 5.76. The number of rotatable bonds is 7. The van der Waals surface area contributed by atoms with Crippen molar-refractivity contribution in [1.29, 1.82) is 0 Å². The van der Waals surface area contributed by atoms with Crippen molar-refractivity contribution in [3.63, 3.8) is 0 Å². The number of nitrogens with two attached hydrogens (primary N) is 1. The number of primary amides is 1. The van der Waals surface area contributed by atoms with Crippen LogP contribution >= 0.6 is 0 Å². The molecule has 4 atom stereocenters. The molecule has 4 N–H and O–H groups in total. The van der Waals surface area contributed by atoms with Crippen LogP contribution in [0.25, 0.3) is 0 Å². The summed E-state index contributed by atoms with van der Waals surface area (Å²) in [6.07, 6.45) is 2.34. The van der Waals surface area contributed by atoms with E-state index in [0.717, 1.165) is 30.4 Å². The van der Waals surface area contributed by atoms with Gasteiger partial charge in [0.25, 0.3) is 16.1 Å². The lowest BCUT2D eigenvalue weighted by atomic mass is 9.91. The highest BCUT2D eigenvalue weighted by Gasteiger charge is 2.41. The molecule has 2 aliphatic carbocycles. The first-order valence-corrected chi connectivity index (χ1v) is 13.0. The molecule has 4 rings (SSSR count). The highest BCUT2D eigenvalue weighted by molar-refractivity contribution is 7.87. The van der Waals surface area contributed by atoms with Crippen LogP contribution in [-0.2, 0) is 27.8 Å². The number of fused-ring (bicyclic) bond motifs is 3. The van der Waals surface area contributed by atoms with Gasteiger partial charge >= 0.3 is 0 Å². The van der Waals surface area contributed by atoms with Crippen LogP contribution < -0.4 is 19.9 Å². The van der Waals surface area contributed by atoms with Crippen molar-refractivity contribution in [2.45, 2.75) is 64.1 Å². The zero-order chi connectivity index (χ0) is 24.7. The number of hydrogen-bond acceptors (Lipinski definition) is 4. The average Bonchev–Trinajstić information content (AvgIpc) is 2.98. The Kier molecular flexibility index (Phi) is 6.72. The van der Waals surface area contributed by atoms with Gasteiger partial charge in [0, 0.05) is 17.1 Å². The van der Waals surface area contributed by atoms with Crippen LogP contribution in [0.3, 0.4) is 0 Å². The normalized spacial score (nSPS) is 23.1. The predicted octanol–water partition coefficient (Wildman–Crippen LogP) is 3.15. The Bertz CT molecular complexity index is 1160. The minimum absolute atomic E-state index is 0.155. The minimum Gasteiger partial charge on any atom is -0.476 e. The van der Waals surface area contributed by atoms with Gasteiger partial charge in [-0.05, 0) is 93.7 Å². The largest absolute Gasteiger partial charge is 0.476 e. The number of amides is 1. The molecule has 1 amide bonds. The molecule has 4 unspecified atom stereocenters. The third-order valence-electron chi connectivity index (χ3n) is 6.48. The van der Waals surface area contributed by atoms with Gasteiger partial charge in [-0.15, -0.1) is 0 Å². The molecule has 0 saturated heterocycles. The minimum atomic E-state index is -3.65. The van der Waals surface area contributed by atoms with Crippen LogP contribution in [0, 0.1) is 17.7 Å². The predicted molar refractivity (Wildman–Crippen MR) is 128 cm³/mol. The van der Waals surface area contributed by atoms with Crippen molar-refractivity contribution < 1.29 is 22.3 Å². The summed E-state index contributed by atoms with van der Waals surface area (Å²) in [7, 11) is -3.65. The zero-order valence-corrected chi connectivity index (χ0v) is 20.5. The van der Waals surface area contributed by atoms with Gasteiger partial charge in [-0.1, -0.05) is 18.2 Å². The van der Waals surface area contributed by atoms with E-state index in [-0.39, 0.29) is 17.9 Å². The number of halogens is 1. The molecule has 0 radical (unpaired) electrons. The zero-order valence-electron chi connectivity index (χ0n) is 19.7. The summed E-state index contributed by atoms with van der Waals surface area (Å²) in [4.78, 5) is 12.2. The molecule has 0 aromatic heterocycles. The van der Waals surface area contributed by atoms with Crippen molar-refractivity contribution in [3.8, 4) is 5.75 Å². The van der Waals surface area contributed by atoms with Crippen molar-refractivity contribution in [3.05, 3.63) is 65.0 Å². The highest BCUT2D eigenvalue weighted by atomic mass is 32.2. The number of carbonyl (C=O) groups is 1. The number of ether oxygens (including phenoxy) is 1. The average molecular weight is 490 g/mol. The van der Waals surface area contributed by atoms with Crippen LogP contribution in [0.1, 0.15) is 56.4 Å². The lowest BCUT2D eigenvalue weighted by molar-refractivity contribution is -0.125. The smallest absolute Gasteiger partial charge is 0.277 e. The van der Waals surface area contributed by atoms with Crippen LogP contribution in [0.4, 0.5) is 4.39 Å². The first-order valence-electron chi connectivity index (χ1n) is 11.5. The first-order chi connectivity index (χ1) is 15.9. The van der Waals surface area contributed by atoms with Gasteiger partial charge < -0.3 is 10.5 Å². The molecule has 1 saturated carbocycles. The van der Waals surface area contributed by atoms with E-state index in [1.165, 1.54) is 24.3 Å². The Morgan fingerprint density at radius 3 is 2.26 bits per heavy atom. The van der Waals surface area contributed by atoms with Crippen LogP contribution in [0.15, 0.2) is 42.5 Å². The molecule has 1 fully saturated rings. The van der Waals surface area contributed by atoms with Gasteiger partial charge in [0.1, 0.15) is 11.6 Å². The fraction of sp³-hybridized carbons (Fsp3) is 0.480. The summed E-state index contributed by atoms with van der Waals surface area (Å²) in [5.41, 5.74) is 7.91. The number of hydrogen-bond donors (Lipinski definition) is 3. The molecule has 0 aliphatic heterocycles. The summed E-state index contributed by atoms with van der Waals surface area (Å²) in [6, 6.07) is 11.0. The monoisotopic (exact) mass is 489 g/mol. The fourth-order valence-electron chi connectivity index (χ4n) is 5.14. The van der Waals surface area contributed by atoms with E-state index in [1.807, 2.05) is 39.0 Å². The molecule has 184 valence electrons. The number of carbonyl (C=O) groups excluding carboxylic acids is 1. The quantitative estimate of drug-likeness (QED) is 0.555. The number of nitrogens with one attached hydrogen (secondary N) is 2. The topological polar surface area (TPSA) is 111 Å². The maximum atomic E-state index is 13.2. The van der Waals surface area contributed by atoms with E-state index >= 15 is 0 Å². The maximum absolute atomic E-state index is 13.2. The Morgan fingerprint density at radius 1 is 1.06 bits per heavy atom. The summed E-state index contributed by atoms with van der Waals surface area (Å²) < 4.78 is 50.1. The second kappa shape index (κ2) is 9.28. The van der Waals surface area contributed by atoms with E-state index in [2.05, 4.69) is 9.44 Å². The van der Waals surface area contributed by atoms with Gasteiger partial charge in [-0.3, -0.25) is 4.79 Å².